The zero-order valence-electron chi connectivity index (χ0n) is 9.93. The normalized spacial score (nSPS) is 10.1. The molecule has 2 aromatic rings. The molecule has 5 nitrogen and oxygen atoms in total. The molecule has 0 atom stereocenters. The Labute approximate surface area is 127 Å². The Balaban J connectivity index is 2.24. The first-order valence-corrected chi connectivity index (χ1v) is 6.61. The van der Waals surface area contributed by atoms with E-state index in [-0.39, 0.29) is 11.4 Å². The Morgan fingerprint density at radius 3 is 2.55 bits per heavy atom. The minimum absolute atomic E-state index is 0.00360. The number of anilines is 1. The van der Waals surface area contributed by atoms with E-state index in [9.17, 15) is 9.59 Å². The summed E-state index contributed by atoms with van der Waals surface area (Å²) in [6.07, 6.45) is 0. The summed E-state index contributed by atoms with van der Waals surface area (Å²) < 4.78 is 0.784. The molecule has 0 saturated heterocycles. The molecular weight excluding hydrogens is 348 g/mol. The lowest BCUT2D eigenvalue weighted by atomic mass is 10.2. The third kappa shape index (κ3) is 3.34. The van der Waals surface area contributed by atoms with Gasteiger partial charge < -0.3 is 10.4 Å². The van der Waals surface area contributed by atoms with Crippen LogP contribution in [0.4, 0.5) is 5.69 Å². The van der Waals surface area contributed by atoms with Crippen LogP contribution in [0.25, 0.3) is 0 Å². The number of nitrogens with one attached hydrogen (secondary N) is 1. The smallest absolute Gasteiger partial charge is 0.354 e. The first-order valence-electron chi connectivity index (χ1n) is 5.44. The Morgan fingerprint density at radius 2 is 1.90 bits per heavy atom. The van der Waals surface area contributed by atoms with Gasteiger partial charge in [-0.2, -0.15) is 0 Å². The maximum atomic E-state index is 12.0. The molecular formula is C13H8BrClN2O3. The minimum Gasteiger partial charge on any atom is -0.477 e. The maximum absolute atomic E-state index is 12.0. The van der Waals surface area contributed by atoms with Crippen molar-refractivity contribution >= 4 is 45.1 Å². The van der Waals surface area contributed by atoms with Crippen LogP contribution in [0.3, 0.4) is 0 Å². The number of pyridine rings is 1. The van der Waals surface area contributed by atoms with E-state index in [4.69, 9.17) is 16.7 Å². The lowest BCUT2D eigenvalue weighted by Crippen LogP contribution is -2.15. The zero-order valence-corrected chi connectivity index (χ0v) is 12.3. The van der Waals surface area contributed by atoms with Crippen LogP contribution in [0.5, 0.6) is 0 Å². The minimum atomic E-state index is -1.19. The molecule has 0 radical (unpaired) electrons. The number of halogens is 2. The van der Waals surface area contributed by atoms with Crippen LogP contribution in [-0.4, -0.2) is 22.0 Å². The number of carboxylic acids is 1. The number of hydrogen-bond donors (Lipinski definition) is 2. The molecule has 1 amide bonds. The lowest BCUT2D eigenvalue weighted by molar-refractivity contribution is 0.0690. The Bertz CT molecular complexity index is 691. The van der Waals surface area contributed by atoms with Crippen molar-refractivity contribution in [3.63, 3.8) is 0 Å². The molecule has 1 aromatic heterocycles. The Kier molecular flexibility index (Phi) is 4.36. The van der Waals surface area contributed by atoms with Crippen LogP contribution in [-0.2, 0) is 0 Å². The SMILES string of the molecule is O=C(O)c1cccc(C(=O)Nc2ccc(Br)cc2Cl)n1. The summed E-state index contributed by atoms with van der Waals surface area (Å²) in [6.45, 7) is 0. The van der Waals surface area contributed by atoms with Gasteiger partial charge >= 0.3 is 5.97 Å². The van der Waals surface area contributed by atoms with Crippen molar-refractivity contribution in [2.45, 2.75) is 0 Å². The molecule has 1 heterocycles. The number of carbonyl (C=O) groups is 2. The number of aromatic nitrogens is 1. The Morgan fingerprint density at radius 1 is 1.20 bits per heavy atom. The molecule has 0 fully saturated rings. The van der Waals surface area contributed by atoms with Crippen molar-refractivity contribution in [3.8, 4) is 0 Å². The summed E-state index contributed by atoms with van der Waals surface area (Å²) in [5.74, 6) is -1.72. The molecule has 0 aliphatic rings. The predicted molar refractivity (Wildman–Crippen MR) is 78.3 cm³/mol. The predicted octanol–water partition coefficient (Wildman–Crippen LogP) is 3.45. The highest BCUT2D eigenvalue weighted by molar-refractivity contribution is 9.10. The molecule has 1 aromatic carbocycles. The van der Waals surface area contributed by atoms with E-state index in [2.05, 4.69) is 26.2 Å². The van der Waals surface area contributed by atoms with E-state index in [1.807, 2.05) is 0 Å². The monoisotopic (exact) mass is 354 g/mol. The van der Waals surface area contributed by atoms with Gasteiger partial charge in [0.05, 0.1) is 10.7 Å². The number of aromatic carboxylic acids is 1. The van der Waals surface area contributed by atoms with Crippen LogP contribution < -0.4 is 5.32 Å². The summed E-state index contributed by atoms with van der Waals surface area (Å²) in [5.41, 5.74) is 0.228. The number of benzene rings is 1. The molecule has 0 aliphatic carbocycles. The fourth-order valence-corrected chi connectivity index (χ4v) is 2.18. The standard InChI is InChI=1S/C13H8BrClN2O3/c14-7-4-5-9(8(15)6-7)17-12(18)10-2-1-3-11(16-10)13(19)20/h1-6H,(H,17,18)(H,19,20). The fourth-order valence-electron chi connectivity index (χ4n) is 1.46. The summed E-state index contributed by atoms with van der Waals surface area (Å²) >= 11 is 9.24. The van der Waals surface area contributed by atoms with Crippen molar-refractivity contribution in [1.29, 1.82) is 0 Å². The molecule has 0 spiro atoms. The number of carboxylic acid groups (broad SMARTS) is 1. The van der Waals surface area contributed by atoms with Crippen LogP contribution in [0, 0.1) is 0 Å². The first kappa shape index (κ1) is 14.5. The second kappa shape index (κ2) is 6.02. The van der Waals surface area contributed by atoms with Crippen LogP contribution in [0.1, 0.15) is 21.0 Å². The average Bonchev–Trinajstić information content (AvgIpc) is 2.42. The highest BCUT2D eigenvalue weighted by atomic mass is 79.9. The molecule has 2 N–H and O–H groups in total. The van der Waals surface area contributed by atoms with E-state index < -0.39 is 11.9 Å². The van der Waals surface area contributed by atoms with E-state index in [0.29, 0.717) is 10.7 Å². The van der Waals surface area contributed by atoms with Crippen molar-refractivity contribution in [3.05, 3.63) is 57.3 Å². The van der Waals surface area contributed by atoms with Gasteiger partial charge in [0.25, 0.3) is 5.91 Å². The van der Waals surface area contributed by atoms with Crippen LogP contribution >= 0.6 is 27.5 Å². The van der Waals surface area contributed by atoms with Crippen molar-refractivity contribution in [1.82, 2.24) is 4.98 Å². The largest absolute Gasteiger partial charge is 0.477 e. The second-order valence-electron chi connectivity index (χ2n) is 3.79. The third-order valence-corrected chi connectivity index (χ3v) is 3.19. The highest BCUT2D eigenvalue weighted by Gasteiger charge is 2.12. The number of carbonyl (C=O) groups excluding carboxylic acids is 1. The van der Waals surface area contributed by atoms with Crippen molar-refractivity contribution < 1.29 is 14.7 Å². The summed E-state index contributed by atoms with van der Waals surface area (Å²) in [5, 5.41) is 11.8. The van der Waals surface area contributed by atoms with Gasteiger partial charge in [0.2, 0.25) is 0 Å². The number of amides is 1. The van der Waals surface area contributed by atoms with Gasteiger partial charge in [-0.15, -0.1) is 0 Å². The molecule has 20 heavy (non-hydrogen) atoms. The zero-order chi connectivity index (χ0) is 14.7. The summed E-state index contributed by atoms with van der Waals surface area (Å²) in [4.78, 5) is 26.5. The molecule has 102 valence electrons. The molecule has 0 saturated carbocycles. The summed E-state index contributed by atoms with van der Waals surface area (Å²) in [6, 6.07) is 9.18. The van der Waals surface area contributed by atoms with Crippen molar-refractivity contribution in [2.24, 2.45) is 0 Å². The highest BCUT2D eigenvalue weighted by Crippen LogP contribution is 2.25. The molecule has 0 unspecified atom stereocenters. The Hall–Kier alpha value is -1.92. The second-order valence-corrected chi connectivity index (χ2v) is 5.11. The van der Waals surface area contributed by atoms with Gasteiger partial charge in [0.15, 0.2) is 0 Å². The van der Waals surface area contributed by atoms with Gasteiger partial charge in [-0.05, 0) is 30.3 Å². The van der Waals surface area contributed by atoms with Crippen LogP contribution in [0.2, 0.25) is 5.02 Å². The van der Waals surface area contributed by atoms with Gasteiger partial charge in [-0.25, -0.2) is 9.78 Å². The quantitative estimate of drug-likeness (QED) is 0.884. The number of nitrogens with zero attached hydrogens (tertiary/aromatic N) is 1. The molecule has 0 bridgehead atoms. The first-order chi connectivity index (χ1) is 9.47. The van der Waals surface area contributed by atoms with Crippen LogP contribution in [0.15, 0.2) is 40.9 Å². The van der Waals surface area contributed by atoms with Gasteiger partial charge in [-0.1, -0.05) is 33.6 Å². The van der Waals surface area contributed by atoms with Crippen molar-refractivity contribution in [2.75, 3.05) is 5.32 Å². The van der Waals surface area contributed by atoms with E-state index in [0.717, 1.165) is 4.47 Å². The van der Waals surface area contributed by atoms with E-state index in [1.165, 1.54) is 18.2 Å². The number of rotatable bonds is 3. The lowest BCUT2D eigenvalue weighted by Gasteiger charge is -2.07. The maximum Gasteiger partial charge on any atom is 0.354 e. The van der Waals surface area contributed by atoms with E-state index >= 15 is 0 Å². The van der Waals surface area contributed by atoms with E-state index in [1.54, 1.807) is 18.2 Å². The summed E-state index contributed by atoms with van der Waals surface area (Å²) in [7, 11) is 0. The number of hydrogen-bond acceptors (Lipinski definition) is 3. The third-order valence-electron chi connectivity index (χ3n) is 2.38. The molecule has 0 aliphatic heterocycles. The fraction of sp³-hybridized carbons (Fsp3) is 0. The average molecular weight is 356 g/mol. The molecule has 7 heteroatoms. The van der Waals surface area contributed by atoms with Gasteiger partial charge in [0.1, 0.15) is 11.4 Å². The molecule has 2 rings (SSSR count). The topological polar surface area (TPSA) is 79.3 Å². The van der Waals surface area contributed by atoms with Gasteiger partial charge in [-0.3, -0.25) is 4.79 Å². The van der Waals surface area contributed by atoms with Gasteiger partial charge in [0, 0.05) is 4.47 Å².